The van der Waals surface area contributed by atoms with E-state index in [1.54, 1.807) is 12.1 Å². The molecule has 0 heterocycles. The summed E-state index contributed by atoms with van der Waals surface area (Å²) in [4.78, 5) is 35.2. The maximum Gasteiger partial charge on any atom is 0.316 e. The summed E-state index contributed by atoms with van der Waals surface area (Å²) < 4.78 is 18.2. The van der Waals surface area contributed by atoms with Crippen LogP contribution >= 0.6 is 23.4 Å². The zero-order valence-corrected chi connectivity index (χ0v) is 14.9. The van der Waals surface area contributed by atoms with Crippen molar-refractivity contribution in [2.24, 2.45) is 0 Å². The first-order valence-electron chi connectivity index (χ1n) is 7.33. The molecule has 0 aliphatic carbocycles. The number of nitrogens with one attached hydrogen (secondary N) is 2. The molecule has 0 aromatic heterocycles. The van der Waals surface area contributed by atoms with Crippen molar-refractivity contribution < 1.29 is 23.5 Å². The second-order valence-electron chi connectivity index (χ2n) is 4.89. The molecule has 0 aliphatic heterocycles. The van der Waals surface area contributed by atoms with Crippen LogP contribution < -0.4 is 10.9 Å². The minimum absolute atomic E-state index is 0.147. The van der Waals surface area contributed by atoms with Crippen LogP contribution in [0.3, 0.4) is 0 Å². The molecule has 0 saturated carbocycles. The van der Waals surface area contributed by atoms with E-state index in [1.165, 1.54) is 36.4 Å². The molecule has 2 aromatic carbocycles. The van der Waals surface area contributed by atoms with E-state index >= 15 is 0 Å². The highest BCUT2D eigenvalue weighted by molar-refractivity contribution is 8.00. The number of carbonyl (C=O) groups excluding carboxylic acids is 3. The van der Waals surface area contributed by atoms with E-state index < -0.39 is 30.2 Å². The number of halogens is 2. The molecule has 26 heavy (non-hydrogen) atoms. The third-order valence-electron chi connectivity index (χ3n) is 2.97. The first kappa shape index (κ1) is 19.7. The van der Waals surface area contributed by atoms with E-state index in [0.717, 1.165) is 11.8 Å². The molecule has 0 unspecified atom stereocenters. The molecule has 2 N–H and O–H groups in total. The number of thioether (sulfide) groups is 1. The monoisotopic (exact) mass is 396 g/mol. The van der Waals surface area contributed by atoms with Crippen molar-refractivity contribution in [2.75, 3.05) is 12.4 Å². The number of ether oxygens (including phenoxy) is 1. The topological polar surface area (TPSA) is 84.5 Å². The van der Waals surface area contributed by atoms with Gasteiger partial charge in [0.25, 0.3) is 11.8 Å². The summed E-state index contributed by atoms with van der Waals surface area (Å²) in [6.07, 6.45) is 0. The van der Waals surface area contributed by atoms with Gasteiger partial charge >= 0.3 is 5.97 Å². The third kappa shape index (κ3) is 6.38. The molecule has 2 amide bonds. The van der Waals surface area contributed by atoms with Gasteiger partial charge in [0.2, 0.25) is 0 Å². The van der Waals surface area contributed by atoms with Gasteiger partial charge in [-0.3, -0.25) is 25.2 Å². The molecule has 2 aromatic rings. The average molecular weight is 397 g/mol. The van der Waals surface area contributed by atoms with Gasteiger partial charge in [-0.05, 0) is 36.4 Å². The van der Waals surface area contributed by atoms with Crippen molar-refractivity contribution in [2.45, 2.75) is 4.90 Å². The van der Waals surface area contributed by atoms with Crippen LogP contribution in [0.5, 0.6) is 0 Å². The number of carbonyl (C=O) groups is 3. The Morgan fingerprint density at radius 2 is 1.73 bits per heavy atom. The fraction of sp³-hybridized carbons (Fsp3) is 0.118. The van der Waals surface area contributed by atoms with Crippen molar-refractivity contribution in [3.05, 3.63) is 64.9 Å². The maximum atomic E-state index is 13.4. The normalized spacial score (nSPS) is 10.1. The fourth-order valence-corrected chi connectivity index (χ4v) is 2.59. The lowest BCUT2D eigenvalue weighted by atomic mass is 10.2. The maximum absolute atomic E-state index is 13.4. The van der Waals surface area contributed by atoms with Crippen LogP contribution in [0.15, 0.2) is 53.4 Å². The Bertz CT molecular complexity index is 802. The Kier molecular flexibility index (Phi) is 7.43. The summed E-state index contributed by atoms with van der Waals surface area (Å²) in [6, 6.07) is 12.1. The lowest BCUT2D eigenvalue weighted by Gasteiger charge is -2.08. The molecule has 0 radical (unpaired) electrons. The quantitative estimate of drug-likeness (QED) is 0.445. The Morgan fingerprint density at radius 1 is 1.04 bits per heavy atom. The highest BCUT2D eigenvalue weighted by Crippen LogP contribution is 2.20. The van der Waals surface area contributed by atoms with Gasteiger partial charge in [0, 0.05) is 15.5 Å². The number of benzene rings is 2. The molecule has 0 bridgehead atoms. The van der Waals surface area contributed by atoms with E-state index in [2.05, 4.69) is 10.9 Å². The lowest BCUT2D eigenvalue weighted by Crippen LogP contribution is -2.43. The molecule has 0 atom stereocenters. The molecule has 0 fully saturated rings. The van der Waals surface area contributed by atoms with Gasteiger partial charge in [-0.1, -0.05) is 23.7 Å². The molecule has 0 aliphatic rings. The number of hydrogen-bond acceptors (Lipinski definition) is 5. The van der Waals surface area contributed by atoms with E-state index in [-0.39, 0.29) is 5.75 Å². The molecular weight excluding hydrogens is 383 g/mol. The number of rotatable bonds is 6. The predicted molar refractivity (Wildman–Crippen MR) is 95.1 cm³/mol. The van der Waals surface area contributed by atoms with Crippen molar-refractivity contribution >= 4 is 41.1 Å². The van der Waals surface area contributed by atoms with Gasteiger partial charge in [-0.2, -0.15) is 0 Å². The van der Waals surface area contributed by atoms with E-state index in [4.69, 9.17) is 16.3 Å². The SMILES string of the molecule is O=C(COC(=O)CSc1ccccc1F)NNC(=O)c1ccc(Cl)cc1. The fourth-order valence-electron chi connectivity index (χ4n) is 1.72. The third-order valence-corrected chi connectivity index (χ3v) is 4.24. The van der Waals surface area contributed by atoms with Crippen LogP contribution in [0, 0.1) is 5.82 Å². The molecule has 0 saturated heterocycles. The number of esters is 1. The number of hydrazine groups is 1. The Morgan fingerprint density at radius 3 is 2.42 bits per heavy atom. The second kappa shape index (κ2) is 9.79. The van der Waals surface area contributed by atoms with Crippen LogP contribution in [-0.4, -0.2) is 30.1 Å². The molecule has 0 spiro atoms. The highest BCUT2D eigenvalue weighted by Gasteiger charge is 2.11. The van der Waals surface area contributed by atoms with Crippen molar-refractivity contribution in [3.63, 3.8) is 0 Å². The summed E-state index contributed by atoms with van der Waals surface area (Å²) in [6.45, 7) is -0.572. The summed E-state index contributed by atoms with van der Waals surface area (Å²) in [7, 11) is 0. The number of hydrogen-bond donors (Lipinski definition) is 2. The lowest BCUT2D eigenvalue weighted by molar-refractivity contribution is -0.146. The van der Waals surface area contributed by atoms with Gasteiger partial charge in [-0.15, -0.1) is 11.8 Å². The largest absolute Gasteiger partial charge is 0.455 e. The van der Waals surface area contributed by atoms with Crippen LogP contribution in [0.2, 0.25) is 5.02 Å². The minimum atomic E-state index is -0.712. The molecular formula is C17H14ClFN2O4S. The summed E-state index contributed by atoms with van der Waals surface area (Å²) >= 11 is 6.68. The van der Waals surface area contributed by atoms with E-state index in [0.29, 0.717) is 15.5 Å². The van der Waals surface area contributed by atoms with Gasteiger partial charge in [0.15, 0.2) is 6.61 Å². The van der Waals surface area contributed by atoms with Crippen LogP contribution in [-0.2, 0) is 14.3 Å². The zero-order valence-electron chi connectivity index (χ0n) is 13.3. The molecule has 2 rings (SSSR count). The average Bonchev–Trinajstić information content (AvgIpc) is 2.64. The number of amides is 2. The van der Waals surface area contributed by atoms with Crippen molar-refractivity contribution in [1.29, 1.82) is 0 Å². The first-order chi connectivity index (χ1) is 12.5. The second-order valence-corrected chi connectivity index (χ2v) is 6.34. The van der Waals surface area contributed by atoms with Gasteiger partial charge in [0.1, 0.15) is 5.82 Å². The van der Waals surface area contributed by atoms with Crippen molar-refractivity contribution in [1.82, 2.24) is 10.9 Å². The van der Waals surface area contributed by atoms with E-state index in [1.807, 2.05) is 0 Å². The molecule has 6 nitrogen and oxygen atoms in total. The predicted octanol–water partition coefficient (Wildman–Crippen LogP) is 2.58. The highest BCUT2D eigenvalue weighted by atomic mass is 35.5. The smallest absolute Gasteiger partial charge is 0.316 e. The van der Waals surface area contributed by atoms with Gasteiger partial charge in [0.05, 0.1) is 5.75 Å². The summed E-state index contributed by atoms with van der Waals surface area (Å²) in [5, 5.41) is 0.478. The van der Waals surface area contributed by atoms with Crippen LogP contribution in [0.1, 0.15) is 10.4 Å². The Balaban J connectivity index is 1.68. The minimum Gasteiger partial charge on any atom is -0.455 e. The molecule has 9 heteroatoms. The van der Waals surface area contributed by atoms with E-state index in [9.17, 15) is 18.8 Å². The van der Waals surface area contributed by atoms with Crippen LogP contribution in [0.25, 0.3) is 0 Å². The zero-order chi connectivity index (χ0) is 18.9. The van der Waals surface area contributed by atoms with Gasteiger partial charge < -0.3 is 4.74 Å². The van der Waals surface area contributed by atoms with Gasteiger partial charge in [-0.25, -0.2) is 4.39 Å². The Hall–Kier alpha value is -2.58. The van der Waals surface area contributed by atoms with Crippen molar-refractivity contribution in [3.8, 4) is 0 Å². The first-order valence-corrected chi connectivity index (χ1v) is 8.70. The molecule has 136 valence electrons. The standard InChI is InChI=1S/C17H14ClFN2O4S/c18-12-7-5-11(6-8-12)17(24)21-20-15(22)9-25-16(23)10-26-14-4-2-1-3-13(14)19/h1-8H,9-10H2,(H,20,22)(H,21,24). The Labute approximate surface area is 158 Å². The summed E-state index contributed by atoms with van der Waals surface area (Å²) in [5.74, 6) is -2.52. The van der Waals surface area contributed by atoms with Crippen LogP contribution in [0.4, 0.5) is 4.39 Å². The summed E-state index contributed by atoms with van der Waals surface area (Å²) in [5.41, 5.74) is 4.60.